The van der Waals surface area contributed by atoms with Crippen LogP contribution < -0.4 is 10.5 Å². The molecule has 0 aliphatic rings. The van der Waals surface area contributed by atoms with E-state index in [0.717, 1.165) is 16.8 Å². The molecule has 104 valence electrons. The summed E-state index contributed by atoms with van der Waals surface area (Å²) in [5.41, 5.74) is 7.88. The van der Waals surface area contributed by atoms with Gasteiger partial charge in [-0.05, 0) is 32.9 Å². The van der Waals surface area contributed by atoms with Gasteiger partial charge in [0.25, 0.3) is 0 Å². The van der Waals surface area contributed by atoms with Crippen molar-refractivity contribution in [2.45, 2.75) is 39.0 Å². The zero-order chi connectivity index (χ0) is 14.2. The molecule has 0 saturated heterocycles. The number of aliphatic hydroxyl groups is 1. The number of benzene rings is 1. The van der Waals surface area contributed by atoms with E-state index in [1.54, 1.807) is 14.0 Å². The normalized spacial score (nSPS) is 14.9. The van der Waals surface area contributed by atoms with Gasteiger partial charge in [0.05, 0.1) is 30.3 Å². The number of aliphatic hydroxyl groups excluding tert-OH is 1. The molecule has 3 N–H and O–H groups in total. The fourth-order valence-electron chi connectivity index (χ4n) is 2.22. The van der Waals surface area contributed by atoms with E-state index < -0.39 is 12.1 Å². The van der Waals surface area contributed by atoms with Crippen molar-refractivity contribution in [2.24, 2.45) is 5.73 Å². The summed E-state index contributed by atoms with van der Waals surface area (Å²) in [7, 11) is 1.63. The van der Waals surface area contributed by atoms with E-state index in [1.165, 1.54) is 0 Å². The molecular weight excluding hydrogens is 242 g/mol. The standard InChI is InChI=1S/C14H21N3O2/c1-8(2)17-12-6-5-10(19-4)7-11(12)16-14(17)13(15)9(3)18/h5-9,13,18H,15H2,1-4H3. The lowest BCUT2D eigenvalue weighted by atomic mass is 10.2. The van der Waals surface area contributed by atoms with Gasteiger partial charge in [0.2, 0.25) is 0 Å². The van der Waals surface area contributed by atoms with Crippen molar-refractivity contribution in [2.75, 3.05) is 7.11 Å². The highest BCUT2D eigenvalue weighted by atomic mass is 16.5. The van der Waals surface area contributed by atoms with Crippen LogP contribution in [0.2, 0.25) is 0 Å². The van der Waals surface area contributed by atoms with Crippen LogP contribution in [-0.4, -0.2) is 27.9 Å². The zero-order valence-corrected chi connectivity index (χ0v) is 11.8. The second kappa shape index (κ2) is 5.19. The number of hydrogen-bond acceptors (Lipinski definition) is 4. The van der Waals surface area contributed by atoms with Gasteiger partial charge in [0.1, 0.15) is 11.6 Å². The van der Waals surface area contributed by atoms with Crippen LogP contribution >= 0.6 is 0 Å². The summed E-state index contributed by atoms with van der Waals surface area (Å²) in [6.07, 6.45) is -0.642. The summed E-state index contributed by atoms with van der Waals surface area (Å²) in [5, 5.41) is 9.70. The number of imidazole rings is 1. The molecule has 0 saturated carbocycles. The number of ether oxygens (including phenoxy) is 1. The summed E-state index contributed by atoms with van der Waals surface area (Å²) in [6, 6.07) is 5.48. The van der Waals surface area contributed by atoms with Gasteiger partial charge < -0.3 is 20.1 Å². The summed E-state index contributed by atoms with van der Waals surface area (Å²) in [4.78, 5) is 4.56. The van der Waals surface area contributed by atoms with Crippen molar-refractivity contribution >= 4 is 11.0 Å². The van der Waals surface area contributed by atoms with Crippen LogP contribution in [0.15, 0.2) is 18.2 Å². The number of nitrogens with zero attached hydrogens (tertiary/aromatic N) is 2. The molecule has 19 heavy (non-hydrogen) atoms. The topological polar surface area (TPSA) is 73.3 Å². The van der Waals surface area contributed by atoms with E-state index in [9.17, 15) is 5.11 Å². The maximum atomic E-state index is 9.70. The maximum Gasteiger partial charge on any atom is 0.129 e. The molecule has 0 aliphatic carbocycles. The highest BCUT2D eigenvalue weighted by Gasteiger charge is 2.22. The van der Waals surface area contributed by atoms with Gasteiger partial charge in [-0.3, -0.25) is 0 Å². The van der Waals surface area contributed by atoms with Crippen molar-refractivity contribution in [1.29, 1.82) is 0 Å². The van der Waals surface area contributed by atoms with Crippen molar-refractivity contribution in [3.05, 3.63) is 24.0 Å². The maximum absolute atomic E-state index is 9.70. The van der Waals surface area contributed by atoms with Gasteiger partial charge in [-0.1, -0.05) is 0 Å². The van der Waals surface area contributed by atoms with Crippen LogP contribution in [-0.2, 0) is 0 Å². The van der Waals surface area contributed by atoms with Crippen LogP contribution in [0.1, 0.15) is 38.7 Å². The predicted molar refractivity (Wildman–Crippen MR) is 75.3 cm³/mol. The van der Waals surface area contributed by atoms with E-state index in [4.69, 9.17) is 10.5 Å². The minimum Gasteiger partial charge on any atom is -0.497 e. The Bertz CT molecular complexity index is 575. The zero-order valence-electron chi connectivity index (χ0n) is 11.8. The molecule has 2 unspecified atom stereocenters. The summed E-state index contributed by atoms with van der Waals surface area (Å²) < 4.78 is 7.27. The van der Waals surface area contributed by atoms with E-state index in [1.807, 2.05) is 18.2 Å². The van der Waals surface area contributed by atoms with Crippen molar-refractivity contribution < 1.29 is 9.84 Å². The fourth-order valence-corrected chi connectivity index (χ4v) is 2.22. The van der Waals surface area contributed by atoms with Crippen LogP contribution in [0, 0.1) is 0 Å². The quantitative estimate of drug-likeness (QED) is 0.885. The Labute approximate surface area is 113 Å². The molecule has 0 bridgehead atoms. The second-order valence-electron chi connectivity index (χ2n) is 5.05. The first-order valence-electron chi connectivity index (χ1n) is 6.45. The van der Waals surface area contributed by atoms with Crippen LogP contribution in [0.4, 0.5) is 0 Å². The van der Waals surface area contributed by atoms with Gasteiger partial charge in [0.15, 0.2) is 0 Å². The molecule has 5 heteroatoms. The summed E-state index contributed by atoms with van der Waals surface area (Å²) in [5.74, 6) is 1.46. The van der Waals surface area contributed by atoms with E-state index in [-0.39, 0.29) is 6.04 Å². The third kappa shape index (κ3) is 2.43. The Balaban J connectivity index is 2.65. The molecule has 1 aromatic heterocycles. The minimum atomic E-state index is -0.642. The molecule has 2 rings (SSSR count). The SMILES string of the molecule is COc1ccc2c(c1)nc(C(N)C(C)O)n2C(C)C. The number of methoxy groups -OCH3 is 1. The number of fused-ring (bicyclic) bond motifs is 1. The van der Waals surface area contributed by atoms with Crippen molar-refractivity contribution in [1.82, 2.24) is 9.55 Å². The largest absolute Gasteiger partial charge is 0.497 e. The molecule has 0 amide bonds. The summed E-state index contributed by atoms with van der Waals surface area (Å²) >= 11 is 0. The molecule has 1 aromatic carbocycles. The van der Waals surface area contributed by atoms with E-state index >= 15 is 0 Å². The molecule has 0 radical (unpaired) electrons. The first kappa shape index (κ1) is 13.8. The highest BCUT2D eigenvalue weighted by Crippen LogP contribution is 2.28. The third-order valence-electron chi connectivity index (χ3n) is 3.26. The van der Waals surface area contributed by atoms with Gasteiger partial charge in [-0.25, -0.2) is 4.98 Å². The molecular formula is C14H21N3O2. The number of aromatic nitrogens is 2. The Hall–Kier alpha value is -1.59. The van der Waals surface area contributed by atoms with Gasteiger partial charge >= 0.3 is 0 Å². The van der Waals surface area contributed by atoms with Gasteiger partial charge in [-0.2, -0.15) is 0 Å². The summed E-state index contributed by atoms with van der Waals surface area (Å²) in [6.45, 7) is 5.82. The van der Waals surface area contributed by atoms with E-state index in [0.29, 0.717) is 5.82 Å². The first-order valence-corrected chi connectivity index (χ1v) is 6.45. The van der Waals surface area contributed by atoms with Gasteiger partial charge in [-0.15, -0.1) is 0 Å². The fraction of sp³-hybridized carbons (Fsp3) is 0.500. The lowest BCUT2D eigenvalue weighted by Crippen LogP contribution is -2.27. The Morgan fingerprint density at radius 3 is 2.53 bits per heavy atom. The molecule has 2 atom stereocenters. The number of hydrogen-bond donors (Lipinski definition) is 2. The molecule has 0 fully saturated rings. The molecule has 1 heterocycles. The number of rotatable bonds is 4. The van der Waals surface area contributed by atoms with Crippen molar-refractivity contribution in [3.63, 3.8) is 0 Å². The first-order chi connectivity index (χ1) is 8.95. The Kier molecular flexibility index (Phi) is 3.78. The molecule has 2 aromatic rings. The van der Waals surface area contributed by atoms with Crippen LogP contribution in [0.25, 0.3) is 11.0 Å². The Morgan fingerprint density at radius 2 is 2.00 bits per heavy atom. The van der Waals surface area contributed by atoms with E-state index in [2.05, 4.69) is 23.4 Å². The highest BCUT2D eigenvalue weighted by molar-refractivity contribution is 5.78. The molecule has 5 nitrogen and oxygen atoms in total. The average Bonchev–Trinajstić information content (AvgIpc) is 2.75. The molecule has 0 spiro atoms. The number of nitrogens with two attached hydrogens (primary N) is 1. The smallest absolute Gasteiger partial charge is 0.129 e. The second-order valence-corrected chi connectivity index (χ2v) is 5.05. The lowest BCUT2D eigenvalue weighted by Gasteiger charge is -2.19. The lowest BCUT2D eigenvalue weighted by molar-refractivity contribution is 0.158. The predicted octanol–water partition coefficient (Wildman–Crippen LogP) is 2.01. The van der Waals surface area contributed by atoms with Gasteiger partial charge in [0, 0.05) is 12.1 Å². The average molecular weight is 263 g/mol. The monoisotopic (exact) mass is 263 g/mol. The third-order valence-corrected chi connectivity index (χ3v) is 3.26. The minimum absolute atomic E-state index is 0.221. The van der Waals surface area contributed by atoms with Crippen LogP contribution in [0.3, 0.4) is 0 Å². The van der Waals surface area contributed by atoms with Crippen molar-refractivity contribution in [3.8, 4) is 5.75 Å². The Morgan fingerprint density at radius 1 is 1.32 bits per heavy atom. The molecule has 0 aliphatic heterocycles. The van der Waals surface area contributed by atoms with Crippen LogP contribution in [0.5, 0.6) is 5.75 Å².